The molecule has 2 atom stereocenters. The number of furan rings is 1. The van der Waals surface area contributed by atoms with Crippen LogP contribution in [0.2, 0.25) is 0 Å². The zero-order chi connectivity index (χ0) is 26.2. The molecule has 1 fully saturated rings. The Hall–Kier alpha value is -3.62. The van der Waals surface area contributed by atoms with Crippen LogP contribution in [0, 0.1) is 18.8 Å². The number of ether oxygens (including phenoxy) is 1. The maximum atomic E-state index is 13.4. The smallest absolute Gasteiger partial charge is 0.291 e. The Bertz CT molecular complexity index is 1520. The fourth-order valence-electron chi connectivity index (χ4n) is 4.95. The molecule has 4 aromatic rings. The molecule has 2 heterocycles. The average Bonchev–Trinajstić information content (AvgIpc) is 3.21. The minimum Gasteiger partial charge on any atom is -0.457 e. The molecule has 0 unspecified atom stereocenters. The van der Waals surface area contributed by atoms with Gasteiger partial charge in [0.15, 0.2) is 5.76 Å². The summed E-state index contributed by atoms with van der Waals surface area (Å²) in [4.78, 5) is 13.2. The van der Waals surface area contributed by atoms with Crippen molar-refractivity contribution in [3.05, 3.63) is 84.1 Å². The molecular weight excluding hydrogens is 488 g/mol. The van der Waals surface area contributed by atoms with E-state index >= 15 is 0 Å². The van der Waals surface area contributed by atoms with E-state index in [-0.39, 0.29) is 10.7 Å². The third kappa shape index (κ3) is 5.26. The molecule has 37 heavy (non-hydrogen) atoms. The van der Waals surface area contributed by atoms with Crippen molar-refractivity contribution in [1.82, 2.24) is 4.31 Å². The largest absolute Gasteiger partial charge is 0.457 e. The summed E-state index contributed by atoms with van der Waals surface area (Å²) in [7, 11) is -3.64. The van der Waals surface area contributed by atoms with Gasteiger partial charge in [-0.3, -0.25) is 4.79 Å². The van der Waals surface area contributed by atoms with E-state index in [1.165, 1.54) is 0 Å². The first-order valence-electron chi connectivity index (χ1n) is 12.4. The molecule has 0 saturated carbocycles. The molecule has 192 valence electrons. The lowest BCUT2D eigenvalue weighted by atomic mass is 9.94. The predicted octanol–water partition coefficient (Wildman–Crippen LogP) is 6.45. The highest BCUT2D eigenvalue weighted by molar-refractivity contribution is 7.89. The summed E-state index contributed by atoms with van der Waals surface area (Å²) in [6.45, 7) is 6.95. The van der Waals surface area contributed by atoms with Crippen molar-refractivity contribution >= 4 is 32.6 Å². The van der Waals surface area contributed by atoms with Crippen molar-refractivity contribution in [1.29, 1.82) is 0 Å². The van der Waals surface area contributed by atoms with Gasteiger partial charge in [-0.05, 0) is 79.8 Å². The summed E-state index contributed by atoms with van der Waals surface area (Å²) in [5, 5.41) is 3.45. The van der Waals surface area contributed by atoms with Crippen LogP contribution in [0.1, 0.15) is 36.4 Å². The Kier molecular flexibility index (Phi) is 6.79. The Morgan fingerprint density at radius 3 is 2.27 bits per heavy atom. The van der Waals surface area contributed by atoms with Crippen LogP contribution in [0.3, 0.4) is 0 Å². The number of sulfonamides is 1. The van der Waals surface area contributed by atoms with Gasteiger partial charge in [-0.15, -0.1) is 0 Å². The van der Waals surface area contributed by atoms with Gasteiger partial charge >= 0.3 is 0 Å². The Morgan fingerprint density at radius 2 is 1.59 bits per heavy atom. The molecule has 5 rings (SSSR count). The number of nitrogens with zero attached hydrogens (tertiary/aromatic N) is 1. The summed E-state index contributed by atoms with van der Waals surface area (Å²) in [5.41, 5.74) is 1.64. The van der Waals surface area contributed by atoms with Gasteiger partial charge in [0, 0.05) is 29.7 Å². The number of piperidine rings is 1. The number of fused-ring (bicyclic) bond motifs is 1. The highest BCUT2D eigenvalue weighted by Gasteiger charge is 2.32. The molecule has 7 nitrogen and oxygen atoms in total. The number of hydrogen-bond acceptors (Lipinski definition) is 5. The summed E-state index contributed by atoms with van der Waals surface area (Å²) in [5.74, 6) is 1.74. The van der Waals surface area contributed by atoms with Gasteiger partial charge in [-0.2, -0.15) is 4.31 Å². The van der Waals surface area contributed by atoms with Gasteiger partial charge in [0.2, 0.25) is 10.0 Å². The van der Waals surface area contributed by atoms with Crippen molar-refractivity contribution < 1.29 is 22.4 Å². The molecule has 8 heteroatoms. The second-order valence-electron chi connectivity index (χ2n) is 9.88. The van der Waals surface area contributed by atoms with Crippen LogP contribution >= 0.6 is 0 Å². The van der Waals surface area contributed by atoms with E-state index in [1.54, 1.807) is 53.7 Å². The minimum atomic E-state index is -3.64. The lowest BCUT2D eigenvalue weighted by molar-refractivity contribution is 0.0998. The number of rotatable bonds is 6. The third-order valence-corrected chi connectivity index (χ3v) is 8.51. The monoisotopic (exact) mass is 518 g/mol. The maximum absolute atomic E-state index is 13.4. The van der Waals surface area contributed by atoms with Gasteiger partial charge in [0.1, 0.15) is 17.1 Å². The highest BCUT2D eigenvalue weighted by Crippen LogP contribution is 2.32. The van der Waals surface area contributed by atoms with E-state index in [0.29, 0.717) is 52.9 Å². The number of nitrogens with one attached hydrogen (secondary N) is 1. The van der Waals surface area contributed by atoms with Crippen LogP contribution in [-0.2, 0) is 10.0 Å². The molecule has 1 amide bonds. The van der Waals surface area contributed by atoms with Crippen LogP contribution in [-0.4, -0.2) is 31.7 Å². The average molecular weight is 519 g/mol. The Morgan fingerprint density at radius 1 is 0.946 bits per heavy atom. The van der Waals surface area contributed by atoms with Crippen molar-refractivity contribution in [3.8, 4) is 11.5 Å². The predicted molar refractivity (Wildman–Crippen MR) is 144 cm³/mol. The summed E-state index contributed by atoms with van der Waals surface area (Å²) in [6.07, 6.45) is 1.02. The molecule has 1 N–H and O–H groups in total. The SMILES string of the molecule is Cc1c(C(=O)Nc2ccc(Oc3ccccc3)cc2)oc2ccc(S(=O)(=O)N3C[C@H](C)C[C@@H](C)C3)cc12. The van der Waals surface area contributed by atoms with Crippen molar-refractivity contribution in [3.63, 3.8) is 0 Å². The fraction of sp³-hybridized carbons (Fsp3) is 0.276. The summed E-state index contributed by atoms with van der Waals surface area (Å²) in [6, 6.07) is 21.3. The minimum absolute atomic E-state index is 0.148. The number of hydrogen-bond donors (Lipinski definition) is 1. The zero-order valence-electron chi connectivity index (χ0n) is 21.1. The third-order valence-electron chi connectivity index (χ3n) is 6.68. The van der Waals surface area contributed by atoms with E-state index < -0.39 is 15.9 Å². The van der Waals surface area contributed by atoms with Crippen LogP contribution in [0.4, 0.5) is 5.69 Å². The Labute approximate surface area is 217 Å². The number of amides is 1. The quantitative estimate of drug-likeness (QED) is 0.317. The van der Waals surface area contributed by atoms with E-state index in [1.807, 2.05) is 30.3 Å². The second-order valence-corrected chi connectivity index (χ2v) is 11.8. The molecule has 0 radical (unpaired) electrons. The van der Waals surface area contributed by atoms with Crippen molar-refractivity contribution in [2.45, 2.75) is 32.1 Å². The number of benzene rings is 3. The normalized spacial score (nSPS) is 18.6. The Balaban J connectivity index is 1.34. The van der Waals surface area contributed by atoms with Crippen molar-refractivity contribution in [2.24, 2.45) is 11.8 Å². The van der Waals surface area contributed by atoms with Gasteiger partial charge in [0.25, 0.3) is 5.91 Å². The van der Waals surface area contributed by atoms with Crippen LogP contribution in [0.5, 0.6) is 11.5 Å². The first-order chi connectivity index (χ1) is 17.7. The van der Waals surface area contributed by atoms with Gasteiger partial charge < -0.3 is 14.5 Å². The molecule has 3 aromatic carbocycles. The van der Waals surface area contributed by atoms with E-state index in [2.05, 4.69) is 19.2 Å². The standard InChI is InChI=1S/C29H30N2O5S/c1-19-15-20(2)18-31(17-19)37(33,34)25-13-14-27-26(16-25)21(3)28(36-27)29(32)30-22-9-11-24(12-10-22)35-23-7-5-4-6-8-23/h4-14,16,19-20H,15,17-18H2,1-3H3,(H,30,32)/t19-,20-/m1/s1. The molecule has 0 bridgehead atoms. The molecule has 1 aromatic heterocycles. The zero-order valence-corrected chi connectivity index (χ0v) is 21.9. The molecule has 1 aliphatic rings. The number of aryl methyl sites for hydroxylation is 1. The van der Waals surface area contributed by atoms with Gasteiger partial charge in [-0.1, -0.05) is 32.0 Å². The van der Waals surface area contributed by atoms with Gasteiger partial charge in [0.05, 0.1) is 4.90 Å². The lowest BCUT2D eigenvalue weighted by Crippen LogP contribution is -2.42. The summed E-state index contributed by atoms with van der Waals surface area (Å²) >= 11 is 0. The van der Waals surface area contributed by atoms with Gasteiger partial charge in [-0.25, -0.2) is 8.42 Å². The lowest BCUT2D eigenvalue weighted by Gasteiger charge is -2.34. The maximum Gasteiger partial charge on any atom is 0.291 e. The van der Waals surface area contributed by atoms with Crippen molar-refractivity contribution in [2.75, 3.05) is 18.4 Å². The second kappa shape index (κ2) is 10.0. The van der Waals surface area contributed by atoms with E-state index in [4.69, 9.17) is 9.15 Å². The molecule has 0 aliphatic carbocycles. The highest BCUT2D eigenvalue weighted by atomic mass is 32.2. The first-order valence-corrected chi connectivity index (χ1v) is 13.8. The van der Waals surface area contributed by atoms with E-state index in [0.717, 1.165) is 12.2 Å². The van der Waals surface area contributed by atoms with Crippen LogP contribution in [0.15, 0.2) is 82.1 Å². The fourth-order valence-corrected chi connectivity index (χ4v) is 6.65. The number of carbonyl (C=O) groups is 1. The topological polar surface area (TPSA) is 88.8 Å². The molecule has 1 saturated heterocycles. The number of carbonyl (C=O) groups excluding carboxylic acids is 1. The first kappa shape index (κ1) is 25.0. The van der Waals surface area contributed by atoms with E-state index in [9.17, 15) is 13.2 Å². The molecule has 1 aliphatic heterocycles. The number of para-hydroxylation sites is 1. The molecule has 0 spiro atoms. The number of anilines is 1. The summed E-state index contributed by atoms with van der Waals surface area (Å²) < 4.78 is 39.9. The molecular formula is C29H30N2O5S. The van der Waals surface area contributed by atoms with Crippen LogP contribution in [0.25, 0.3) is 11.0 Å². The van der Waals surface area contributed by atoms with Crippen LogP contribution < -0.4 is 10.1 Å².